The van der Waals surface area contributed by atoms with Crippen molar-refractivity contribution in [3.8, 4) is 5.75 Å². The molecular weight excluding hydrogens is 260 g/mol. The lowest BCUT2D eigenvalue weighted by atomic mass is 10.2. The summed E-state index contributed by atoms with van der Waals surface area (Å²) in [7, 11) is 0. The van der Waals surface area contributed by atoms with Gasteiger partial charge in [0.1, 0.15) is 10.8 Å². The largest absolute Gasteiger partial charge is 0.492 e. The summed E-state index contributed by atoms with van der Waals surface area (Å²) in [5.41, 5.74) is 1.29. The lowest BCUT2D eigenvalue weighted by Gasteiger charge is -2.08. The van der Waals surface area contributed by atoms with Gasteiger partial charge in [0.25, 0.3) is 0 Å². The van der Waals surface area contributed by atoms with Crippen molar-refractivity contribution >= 4 is 11.6 Å². The van der Waals surface area contributed by atoms with Crippen LogP contribution in [0.5, 0.6) is 5.75 Å². The number of halogens is 1. The van der Waals surface area contributed by atoms with Crippen LogP contribution in [0.4, 0.5) is 0 Å². The Labute approximate surface area is 118 Å². The number of nitrogens with zero attached hydrogens (tertiary/aromatic N) is 1. The highest BCUT2D eigenvalue weighted by atomic mass is 35.5. The fraction of sp³-hybridized carbons (Fsp3) is 0.267. The van der Waals surface area contributed by atoms with E-state index in [-0.39, 0.29) is 0 Å². The van der Waals surface area contributed by atoms with Crippen LogP contribution in [0.25, 0.3) is 0 Å². The normalized spacial score (nSPS) is 10.4. The topological polar surface area (TPSA) is 34.1 Å². The first-order chi connectivity index (χ1) is 9.36. The number of hydrogen-bond donors (Lipinski definition) is 1. The highest BCUT2D eigenvalue weighted by Crippen LogP contribution is 2.21. The molecule has 0 aliphatic carbocycles. The van der Waals surface area contributed by atoms with Gasteiger partial charge in [-0.05, 0) is 18.5 Å². The van der Waals surface area contributed by atoms with Crippen molar-refractivity contribution in [3.63, 3.8) is 0 Å². The van der Waals surface area contributed by atoms with Crippen LogP contribution in [0.15, 0.2) is 48.8 Å². The van der Waals surface area contributed by atoms with Crippen molar-refractivity contribution < 1.29 is 4.74 Å². The number of pyridine rings is 1. The van der Waals surface area contributed by atoms with Gasteiger partial charge < -0.3 is 10.1 Å². The summed E-state index contributed by atoms with van der Waals surface area (Å²) in [5, 5.41) is 3.93. The van der Waals surface area contributed by atoms with Crippen LogP contribution in [0.2, 0.25) is 5.02 Å². The number of ether oxygens (including phenoxy) is 1. The van der Waals surface area contributed by atoms with Crippen LogP contribution in [0.1, 0.15) is 12.0 Å². The quantitative estimate of drug-likeness (QED) is 0.788. The summed E-state index contributed by atoms with van der Waals surface area (Å²) in [5.74, 6) is 0.694. The second-order valence-electron chi connectivity index (χ2n) is 4.17. The molecule has 1 aromatic heterocycles. The van der Waals surface area contributed by atoms with Crippen LogP contribution in [-0.2, 0) is 6.54 Å². The first-order valence-electron chi connectivity index (χ1n) is 6.33. The molecule has 0 aliphatic rings. The summed E-state index contributed by atoms with van der Waals surface area (Å²) in [6, 6.07) is 12.1. The van der Waals surface area contributed by atoms with Gasteiger partial charge in [0.05, 0.1) is 6.61 Å². The Morgan fingerprint density at radius 3 is 2.79 bits per heavy atom. The van der Waals surface area contributed by atoms with Crippen LogP contribution < -0.4 is 10.1 Å². The Balaban J connectivity index is 1.59. The minimum Gasteiger partial charge on any atom is -0.492 e. The van der Waals surface area contributed by atoms with Crippen LogP contribution in [0, 0.1) is 0 Å². The first kappa shape index (κ1) is 13.8. The Bertz CT molecular complexity index is 491. The molecule has 0 spiro atoms. The minimum absolute atomic E-state index is 0.555. The molecule has 4 heteroatoms. The molecule has 0 saturated heterocycles. The second-order valence-corrected chi connectivity index (χ2v) is 4.58. The van der Waals surface area contributed by atoms with Gasteiger partial charge in [0.2, 0.25) is 0 Å². The maximum absolute atomic E-state index is 5.94. The number of rotatable bonds is 7. The first-order valence-corrected chi connectivity index (χ1v) is 6.71. The molecular formula is C15H17ClN2O. The minimum atomic E-state index is 0.555. The third kappa shape index (κ3) is 4.89. The van der Waals surface area contributed by atoms with Crippen LogP contribution in [-0.4, -0.2) is 18.1 Å². The maximum atomic E-state index is 5.94. The molecule has 0 amide bonds. The SMILES string of the molecule is Clc1cnccc1OCCCNCc1ccccc1. The van der Waals surface area contributed by atoms with E-state index in [1.807, 2.05) is 18.2 Å². The fourth-order valence-electron chi connectivity index (χ4n) is 1.69. The molecule has 0 unspecified atom stereocenters. The standard InChI is InChI=1S/C15H17ClN2O/c16-14-12-18-9-7-15(14)19-10-4-8-17-11-13-5-2-1-3-6-13/h1-3,5-7,9,12,17H,4,8,10-11H2. The Morgan fingerprint density at radius 1 is 1.16 bits per heavy atom. The maximum Gasteiger partial charge on any atom is 0.140 e. The van der Waals surface area contributed by atoms with Crippen molar-refractivity contribution in [3.05, 3.63) is 59.4 Å². The van der Waals surface area contributed by atoms with E-state index in [1.165, 1.54) is 5.56 Å². The Kier molecular flexibility index (Phi) is 5.66. The van der Waals surface area contributed by atoms with Crippen molar-refractivity contribution in [1.82, 2.24) is 10.3 Å². The second kappa shape index (κ2) is 7.77. The summed E-state index contributed by atoms with van der Waals surface area (Å²) >= 11 is 5.94. The van der Waals surface area contributed by atoms with Crippen molar-refractivity contribution in [2.24, 2.45) is 0 Å². The van der Waals surface area contributed by atoms with Gasteiger partial charge >= 0.3 is 0 Å². The molecule has 0 atom stereocenters. The Morgan fingerprint density at radius 2 is 2.00 bits per heavy atom. The van der Waals surface area contributed by atoms with Gasteiger partial charge in [-0.15, -0.1) is 0 Å². The summed E-state index contributed by atoms with van der Waals surface area (Å²) in [6.07, 6.45) is 4.20. The van der Waals surface area contributed by atoms with E-state index in [4.69, 9.17) is 16.3 Å². The van der Waals surface area contributed by atoms with Gasteiger partial charge in [-0.2, -0.15) is 0 Å². The monoisotopic (exact) mass is 276 g/mol. The molecule has 19 heavy (non-hydrogen) atoms. The van der Waals surface area contributed by atoms with Crippen LogP contribution >= 0.6 is 11.6 Å². The van der Waals surface area contributed by atoms with Crippen molar-refractivity contribution in [2.75, 3.05) is 13.2 Å². The third-order valence-corrected chi connectivity index (χ3v) is 2.95. The van der Waals surface area contributed by atoms with E-state index in [9.17, 15) is 0 Å². The molecule has 3 nitrogen and oxygen atoms in total. The summed E-state index contributed by atoms with van der Waals surface area (Å²) in [4.78, 5) is 3.91. The van der Waals surface area contributed by atoms with E-state index in [2.05, 4.69) is 22.4 Å². The Hall–Kier alpha value is -1.58. The molecule has 0 radical (unpaired) electrons. The number of aromatic nitrogens is 1. The molecule has 0 bridgehead atoms. The van der Waals surface area contributed by atoms with E-state index in [1.54, 1.807) is 18.5 Å². The molecule has 1 N–H and O–H groups in total. The average Bonchev–Trinajstić information content (AvgIpc) is 2.45. The molecule has 1 heterocycles. The number of benzene rings is 1. The zero-order valence-electron chi connectivity index (χ0n) is 10.7. The van der Waals surface area contributed by atoms with Crippen molar-refractivity contribution in [2.45, 2.75) is 13.0 Å². The molecule has 2 rings (SSSR count). The lowest BCUT2D eigenvalue weighted by Crippen LogP contribution is -2.17. The molecule has 100 valence electrons. The number of hydrogen-bond acceptors (Lipinski definition) is 3. The molecule has 0 saturated carbocycles. The van der Waals surface area contributed by atoms with Gasteiger partial charge in [0.15, 0.2) is 0 Å². The highest BCUT2D eigenvalue weighted by Gasteiger charge is 1.99. The van der Waals surface area contributed by atoms with Crippen LogP contribution in [0.3, 0.4) is 0 Å². The van der Waals surface area contributed by atoms with Crippen molar-refractivity contribution in [1.29, 1.82) is 0 Å². The third-order valence-electron chi connectivity index (χ3n) is 2.66. The van der Waals surface area contributed by atoms with Gasteiger partial charge in [-0.1, -0.05) is 41.9 Å². The predicted molar refractivity (Wildman–Crippen MR) is 77.5 cm³/mol. The van der Waals surface area contributed by atoms with E-state index < -0.39 is 0 Å². The lowest BCUT2D eigenvalue weighted by molar-refractivity contribution is 0.308. The predicted octanol–water partition coefficient (Wildman–Crippen LogP) is 3.29. The number of nitrogens with one attached hydrogen (secondary N) is 1. The van der Waals surface area contributed by atoms with Gasteiger partial charge in [-0.3, -0.25) is 4.98 Å². The average molecular weight is 277 g/mol. The summed E-state index contributed by atoms with van der Waals surface area (Å²) in [6.45, 7) is 2.44. The van der Waals surface area contributed by atoms with E-state index in [0.29, 0.717) is 17.4 Å². The molecule has 0 fully saturated rings. The molecule has 0 aliphatic heterocycles. The van der Waals surface area contributed by atoms with Gasteiger partial charge in [0, 0.05) is 25.0 Å². The highest BCUT2D eigenvalue weighted by molar-refractivity contribution is 6.31. The van der Waals surface area contributed by atoms with E-state index in [0.717, 1.165) is 19.5 Å². The van der Waals surface area contributed by atoms with Gasteiger partial charge in [-0.25, -0.2) is 0 Å². The molecule has 2 aromatic rings. The zero-order chi connectivity index (χ0) is 13.3. The van der Waals surface area contributed by atoms with E-state index >= 15 is 0 Å². The zero-order valence-corrected chi connectivity index (χ0v) is 11.4. The molecule has 1 aromatic carbocycles. The fourth-order valence-corrected chi connectivity index (χ4v) is 1.86. The smallest absolute Gasteiger partial charge is 0.140 e. The summed E-state index contributed by atoms with van der Waals surface area (Å²) < 4.78 is 5.58.